The molecular weight excluding hydrogens is 480 g/mol. The number of nitrogens with zero attached hydrogens (tertiary/aromatic N) is 2. The van der Waals surface area contributed by atoms with Gasteiger partial charge in [-0.1, -0.05) is 25.1 Å². The normalized spacial score (nSPS) is 14.0. The molecule has 0 aliphatic carbocycles. The number of carbonyl (C=O) groups excluding carboxylic acids is 2. The molecule has 4 rings (SSSR count). The Hall–Kier alpha value is -4.20. The SMILES string of the molecule is CCC(C)NC(=O)c1cc(NC(=O)c2cccc(OC)c2)ccc1N1CCN(c2ccccc2OC)CC1. The first kappa shape index (κ1) is 26.9. The van der Waals surface area contributed by atoms with Crippen molar-refractivity contribution in [2.45, 2.75) is 26.3 Å². The predicted octanol–water partition coefficient (Wildman–Crippen LogP) is 4.81. The maximum atomic E-state index is 13.3. The zero-order chi connectivity index (χ0) is 27.1. The second-order valence-electron chi connectivity index (χ2n) is 9.35. The van der Waals surface area contributed by atoms with Gasteiger partial charge in [-0.2, -0.15) is 0 Å². The van der Waals surface area contributed by atoms with E-state index in [-0.39, 0.29) is 17.9 Å². The van der Waals surface area contributed by atoms with Crippen LogP contribution in [0.4, 0.5) is 17.1 Å². The topological polar surface area (TPSA) is 83.1 Å². The molecule has 0 radical (unpaired) electrons. The Morgan fingerprint density at radius 3 is 2.24 bits per heavy atom. The number of rotatable bonds is 9. The summed E-state index contributed by atoms with van der Waals surface area (Å²) in [5.41, 5.74) is 3.50. The van der Waals surface area contributed by atoms with Crippen molar-refractivity contribution in [1.82, 2.24) is 5.32 Å². The van der Waals surface area contributed by atoms with Crippen LogP contribution < -0.4 is 29.9 Å². The smallest absolute Gasteiger partial charge is 0.255 e. The van der Waals surface area contributed by atoms with Gasteiger partial charge in [-0.3, -0.25) is 9.59 Å². The molecule has 2 N–H and O–H groups in total. The van der Waals surface area contributed by atoms with Gasteiger partial charge in [0.15, 0.2) is 0 Å². The maximum absolute atomic E-state index is 13.3. The van der Waals surface area contributed by atoms with Gasteiger partial charge in [-0.15, -0.1) is 0 Å². The third kappa shape index (κ3) is 6.19. The van der Waals surface area contributed by atoms with Crippen LogP contribution in [0.1, 0.15) is 41.0 Å². The van der Waals surface area contributed by atoms with Crippen molar-refractivity contribution in [3.8, 4) is 11.5 Å². The summed E-state index contributed by atoms with van der Waals surface area (Å²) in [6.45, 7) is 7.10. The van der Waals surface area contributed by atoms with Gasteiger partial charge < -0.3 is 29.9 Å². The lowest BCUT2D eigenvalue weighted by Gasteiger charge is -2.38. The van der Waals surface area contributed by atoms with Crippen molar-refractivity contribution < 1.29 is 19.1 Å². The molecule has 3 aromatic rings. The fourth-order valence-corrected chi connectivity index (χ4v) is 4.52. The molecule has 0 saturated carbocycles. The zero-order valence-electron chi connectivity index (χ0n) is 22.5. The van der Waals surface area contributed by atoms with E-state index in [2.05, 4.69) is 26.5 Å². The Morgan fingerprint density at radius 1 is 0.842 bits per heavy atom. The number of hydrogen-bond acceptors (Lipinski definition) is 6. The molecule has 0 bridgehead atoms. The first-order valence-corrected chi connectivity index (χ1v) is 13.0. The molecule has 0 aromatic heterocycles. The number of hydrogen-bond donors (Lipinski definition) is 2. The highest BCUT2D eigenvalue weighted by molar-refractivity contribution is 6.06. The summed E-state index contributed by atoms with van der Waals surface area (Å²) >= 11 is 0. The van der Waals surface area contributed by atoms with E-state index in [0.717, 1.165) is 49.7 Å². The fourth-order valence-electron chi connectivity index (χ4n) is 4.52. The van der Waals surface area contributed by atoms with Crippen molar-refractivity contribution in [2.75, 3.05) is 55.5 Å². The van der Waals surface area contributed by atoms with Crippen LogP contribution in [0.15, 0.2) is 66.7 Å². The lowest BCUT2D eigenvalue weighted by Crippen LogP contribution is -2.47. The summed E-state index contributed by atoms with van der Waals surface area (Å²) in [4.78, 5) is 30.8. The minimum atomic E-state index is -0.268. The molecule has 3 aromatic carbocycles. The molecule has 200 valence electrons. The third-order valence-electron chi connectivity index (χ3n) is 6.87. The van der Waals surface area contributed by atoms with E-state index >= 15 is 0 Å². The van der Waals surface area contributed by atoms with Crippen LogP contribution in [-0.2, 0) is 0 Å². The Labute approximate surface area is 224 Å². The Balaban J connectivity index is 1.56. The molecular formula is C30H36N4O4. The van der Waals surface area contributed by atoms with Crippen LogP contribution in [0, 0.1) is 0 Å². The molecule has 1 aliphatic heterocycles. The molecule has 1 unspecified atom stereocenters. The molecule has 1 saturated heterocycles. The summed E-state index contributed by atoms with van der Waals surface area (Å²) in [6, 6.07) is 20.6. The number of benzene rings is 3. The van der Waals surface area contributed by atoms with Gasteiger partial charge in [-0.05, 0) is 61.9 Å². The molecule has 2 amide bonds. The molecule has 8 heteroatoms. The molecule has 38 heavy (non-hydrogen) atoms. The van der Waals surface area contributed by atoms with Crippen molar-refractivity contribution in [2.24, 2.45) is 0 Å². The van der Waals surface area contributed by atoms with Gasteiger partial charge in [-0.25, -0.2) is 0 Å². The standard InChI is InChI=1S/C30H36N4O4/c1-5-21(2)31-30(36)25-20-23(32-29(35)22-9-8-10-24(19-22)37-3)13-14-26(25)33-15-17-34(18-16-33)27-11-6-7-12-28(27)38-4/h6-14,19-21H,5,15-18H2,1-4H3,(H,31,36)(H,32,35). The first-order valence-electron chi connectivity index (χ1n) is 13.0. The number of para-hydroxylation sites is 2. The monoisotopic (exact) mass is 516 g/mol. The summed E-state index contributed by atoms with van der Waals surface area (Å²) < 4.78 is 10.8. The largest absolute Gasteiger partial charge is 0.497 e. The summed E-state index contributed by atoms with van der Waals surface area (Å²) in [5.74, 6) is 1.04. The van der Waals surface area contributed by atoms with Crippen molar-refractivity contribution >= 4 is 28.9 Å². The predicted molar refractivity (Wildman–Crippen MR) is 152 cm³/mol. The van der Waals surface area contributed by atoms with Gasteiger partial charge in [0.1, 0.15) is 11.5 Å². The number of ether oxygens (including phenoxy) is 2. The van der Waals surface area contributed by atoms with Gasteiger partial charge >= 0.3 is 0 Å². The first-order chi connectivity index (χ1) is 18.4. The average molecular weight is 517 g/mol. The minimum Gasteiger partial charge on any atom is -0.497 e. The average Bonchev–Trinajstić information content (AvgIpc) is 2.97. The molecule has 8 nitrogen and oxygen atoms in total. The van der Waals surface area contributed by atoms with E-state index in [1.807, 2.05) is 44.2 Å². The maximum Gasteiger partial charge on any atom is 0.255 e. The van der Waals surface area contributed by atoms with Crippen LogP contribution in [0.5, 0.6) is 11.5 Å². The lowest BCUT2D eigenvalue weighted by molar-refractivity contribution is 0.0938. The number of methoxy groups -OCH3 is 2. The summed E-state index contributed by atoms with van der Waals surface area (Å²) in [7, 11) is 3.25. The van der Waals surface area contributed by atoms with Gasteiger partial charge in [0.25, 0.3) is 11.8 Å². The highest BCUT2D eigenvalue weighted by atomic mass is 16.5. The number of piperazine rings is 1. The second kappa shape index (κ2) is 12.4. The number of nitrogens with one attached hydrogen (secondary N) is 2. The summed E-state index contributed by atoms with van der Waals surface area (Å²) in [6.07, 6.45) is 0.824. The Morgan fingerprint density at radius 2 is 1.55 bits per heavy atom. The van der Waals surface area contributed by atoms with Crippen LogP contribution in [0.25, 0.3) is 0 Å². The number of anilines is 3. The molecule has 1 heterocycles. The van der Waals surface area contributed by atoms with Crippen LogP contribution in [0.3, 0.4) is 0 Å². The zero-order valence-corrected chi connectivity index (χ0v) is 22.5. The highest BCUT2D eigenvalue weighted by Crippen LogP contribution is 2.31. The molecule has 1 atom stereocenters. The van der Waals surface area contributed by atoms with Crippen molar-refractivity contribution in [1.29, 1.82) is 0 Å². The summed E-state index contributed by atoms with van der Waals surface area (Å²) in [5, 5.41) is 6.01. The van der Waals surface area contributed by atoms with E-state index in [1.54, 1.807) is 44.6 Å². The van der Waals surface area contributed by atoms with Crippen LogP contribution >= 0.6 is 0 Å². The Bertz CT molecular complexity index is 1270. The van der Waals surface area contributed by atoms with Crippen LogP contribution in [-0.4, -0.2) is 58.3 Å². The third-order valence-corrected chi connectivity index (χ3v) is 6.87. The molecule has 1 fully saturated rings. The number of carbonyl (C=O) groups is 2. The van der Waals surface area contributed by atoms with Gasteiger partial charge in [0, 0.05) is 49.2 Å². The van der Waals surface area contributed by atoms with E-state index in [9.17, 15) is 9.59 Å². The van der Waals surface area contributed by atoms with Crippen molar-refractivity contribution in [3.05, 3.63) is 77.9 Å². The van der Waals surface area contributed by atoms with Crippen molar-refractivity contribution in [3.63, 3.8) is 0 Å². The fraction of sp³-hybridized carbons (Fsp3) is 0.333. The van der Waals surface area contributed by atoms with E-state index < -0.39 is 0 Å². The van der Waals surface area contributed by atoms with Gasteiger partial charge in [0.2, 0.25) is 0 Å². The lowest BCUT2D eigenvalue weighted by atomic mass is 10.1. The molecule has 1 aliphatic rings. The Kier molecular flexibility index (Phi) is 8.73. The minimum absolute atomic E-state index is 0.0350. The van der Waals surface area contributed by atoms with E-state index in [1.165, 1.54) is 0 Å². The van der Waals surface area contributed by atoms with E-state index in [4.69, 9.17) is 9.47 Å². The molecule has 0 spiro atoms. The number of amides is 2. The van der Waals surface area contributed by atoms with Crippen LogP contribution in [0.2, 0.25) is 0 Å². The van der Waals surface area contributed by atoms with Gasteiger partial charge in [0.05, 0.1) is 25.5 Å². The quantitative estimate of drug-likeness (QED) is 0.425. The second-order valence-corrected chi connectivity index (χ2v) is 9.35. The highest BCUT2D eigenvalue weighted by Gasteiger charge is 2.24. The van der Waals surface area contributed by atoms with E-state index in [0.29, 0.717) is 22.6 Å².